The average molecular weight is 252 g/mol. The van der Waals surface area contributed by atoms with Gasteiger partial charge >= 0.3 is 0 Å². The topological polar surface area (TPSA) is 29.3 Å². The molecule has 2 fully saturated rings. The minimum absolute atomic E-state index is 0.799. The van der Waals surface area contributed by atoms with Crippen LogP contribution in [0.15, 0.2) is 0 Å². The number of nitrogens with two attached hydrogens (primary N) is 1. The highest BCUT2D eigenvalue weighted by Crippen LogP contribution is 2.30. The van der Waals surface area contributed by atoms with E-state index in [-0.39, 0.29) is 0 Å². The maximum Gasteiger partial charge on any atom is 0.000985 e. The number of rotatable bonds is 5. The van der Waals surface area contributed by atoms with Crippen LogP contribution in [0.4, 0.5) is 0 Å². The lowest BCUT2D eigenvalue weighted by Gasteiger charge is -2.35. The average Bonchev–Trinajstić information content (AvgIpc) is 2.40. The molecule has 2 saturated carbocycles. The van der Waals surface area contributed by atoms with Gasteiger partial charge in [-0.2, -0.15) is 0 Å². The molecule has 2 unspecified atom stereocenters. The molecule has 2 aliphatic carbocycles. The van der Waals surface area contributed by atoms with Crippen molar-refractivity contribution in [3.63, 3.8) is 0 Å². The summed E-state index contributed by atoms with van der Waals surface area (Å²) in [7, 11) is 2.33. The first-order valence-corrected chi connectivity index (χ1v) is 8.18. The quantitative estimate of drug-likeness (QED) is 0.814. The lowest BCUT2D eigenvalue weighted by molar-refractivity contribution is 0.151. The molecule has 0 heterocycles. The van der Waals surface area contributed by atoms with E-state index in [9.17, 15) is 0 Å². The van der Waals surface area contributed by atoms with Gasteiger partial charge in [0.05, 0.1) is 0 Å². The van der Waals surface area contributed by atoms with E-state index >= 15 is 0 Å². The highest BCUT2D eigenvalue weighted by Gasteiger charge is 2.25. The fraction of sp³-hybridized carbons (Fsp3) is 1.00. The molecule has 0 saturated heterocycles. The molecule has 0 aromatic carbocycles. The van der Waals surface area contributed by atoms with Crippen LogP contribution in [0.1, 0.15) is 57.8 Å². The lowest BCUT2D eigenvalue weighted by atomic mass is 9.79. The van der Waals surface area contributed by atoms with Gasteiger partial charge in [0.25, 0.3) is 0 Å². The van der Waals surface area contributed by atoms with Crippen molar-refractivity contribution < 1.29 is 0 Å². The van der Waals surface area contributed by atoms with Gasteiger partial charge in [0.1, 0.15) is 0 Å². The molecule has 2 heteroatoms. The second-order valence-electron chi connectivity index (χ2n) is 6.77. The van der Waals surface area contributed by atoms with Crippen LogP contribution in [0.5, 0.6) is 0 Å². The third-order valence-electron chi connectivity index (χ3n) is 5.21. The van der Waals surface area contributed by atoms with Crippen LogP contribution in [0.2, 0.25) is 0 Å². The Morgan fingerprint density at radius 1 is 0.833 bits per heavy atom. The fourth-order valence-electron chi connectivity index (χ4n) is 4.12. The van der Waals surface area contributed by atoms with Gasteiger partial charge in [-0.3, -0.25) is 0 Å². The Morgan fingerprint density at radius 2 is 1.44 bits per heavy atom. The number of hydrogen-bond acceptors (Lipinski definition) is 2. The summed E-state index contributed by atoms with van der Waals surface area (Å²) in [5.74, 6) is 2.65. The third-order valence-corrected chi connectivity index (χ3v) is 5.21. The second kappa shape index (κ2) is 7.49. The summed E-state index contributed by atoms with van der Waals surface area (Å²) in [6.45, 7) is 3.52. The van der Waals surface area contributed by atoms with Gasteiger partial charge in [-0.1, -0.05) is 32.1 Å². The lowest BCUT2D eigenvalue weighted by Crippen LogP contribution is -2.37. The van der Waals surface area contributed by atoms with Gasteiger partial charge in [-0.05, 0) is 57.0 Å². The van der Waals surface area contributed by atoms with E-state index in [2.05, 4.69) is 11.9 Å². The summed E-state index contributed by atoms with van der Waals surface area (Å²) in [6.07, 6.45) is 13.0. The Kier molecular flexibility index (Phi) is 5.97. The Labute approximate surface area is 113 Å². The predicted molar refractivity (Wildman–Crippen MR) is 78.6 cm³/mol. The fourth-order valence-corrected chi connectivity index (χ4v) is 4.12. The van der Waals surface area contributed by atoms with Crippen LogP contribution < -0.4 is 5.73 Å². The van der Waals surface area contributed by atoms with Crippen molar-refractivity contribution >= 4 is 0 Å². The molecule has 0 bridgehead atoms. The molecule has 2 rings (SSSR count). The summed E-state index contributed by atoms with van der Waals surface area (Å²) >= 11 is 0. The molecule has 18 heavy (non-hydrogen) atoms. The van der Waals surface area contributed by atoms with E-state index < -0.39 is 0 Å². The zero-order valence-corrected chi connectivity index (χ0v) is 12.2. The molecule has 0 spiro atoms. The Balaban J connectivity index is 1.73. The minimum atomic E-state index is 0.799. The largest absolute Gasteiger partial charge is 0.330 e. The normalized spacial score (nSPS) is 30.8. The zero-order chi connectivity index (χ0) is 12.8. The Bertz CT molecular complexity index is 223. The van der Waals surface area contributed by atoms with Gasteiger partial charge in [0, 0.05) is 13.1 Å². The summed E-state index contributed by atoms with van der Waals surface area (Å²) in [5.41, 5.74) is 5.94. The maximum absolute atomic E-state index is 5.94. The highest BCUT2D eigenvalue weighted by molar-refractivity contribution is 4.79. The molecular weight excluding hydrogens is 220 g/mol. The van der Waals surface area contributed by atoms with Crippen LogP contribution in [-0.2, 0) is 0 Å². The first kappa shape index (κ1) is 14.3. The molecule has 2 N–H and O–H groups in total. The van der Waals surface area contributed by atoms with Gasteiger partial charge in [0.15, 0.2) is 0 Å². The first-order chi connectivity index (χ1) is 8.79. The molecule has 0 amide bonds. The van der Waals surface area contributed by atoms with Crippen molar-refractivity contribution in [2.45, 2.75) is 57.8 Å². The van der Waals surface area contributed by atoms with Crippen LogP contribution in [0.25, 0.3) is 0 Å². The van der Waals surface area contributed by atoms with Gasteiger partial charge in [-0.25, -0.2) is 0 Å². The van der Waals surface area contributed by atoms with E-state index in [0.717, 1.165) is 24.3 Å². The van der Waals surface area contributed by atoms with Crippen molar-refractivity contribution in [2.75, 3.05) is 26.7 Å². The minimum Gasteiger partial charge on any atom is -0.330 e. The monoisotopic (exact) mass is 252 g/mol. The first-order valence-electron chi connectivity index (χ1n) is 8.18. The molecule has 2 atom stereocenters. The van der Waals surface area contributed by atoms with Gasteiger partial charge in [-0.15, -0.1) is 0 Å². The summed E-state index contributed by atoms with van der Waals surface area (Å²) in [6, 6.07) is 0. The molecule has 2 aliphatic rings. The van der Waals surface area contributed by atoms with Crippen LogP contribution in [0.3, 0.4) is 0 Å². The smallest absolute Gasteiger partial charge is 0.000985 e. The van der Waals surface area contributed by atoms with E-state index in [0.29, 0.717) is 0 Å². The number of nitrogens with zero attached hydrogens (tertiary/aromatic N) is 1. The molecule has 0 radical (unpaired) electrons. The van der Waals surface area contributed by atoms with E-state index in [1.165, 1.54) is 70.9 Å². The molecular formula is C16H32N2. The van der Waals surface area contributed by atoms with Crippen LogP contribution >= 0.6 is 0 Å². The number of hydrogen-bond donors (Lipinski definition) is 1. The van der Waals surface area contributed by atoms with E-state index in [1.807, 2.05) is 0 Å². The molecule has 0 aromatic heterocycles. The maximum atomic E-state index is 5.94. The van der Waals surface area contributed by atoms with Crippen LogP contribution in [-0.4, -0.2) is 31.6 Å². The van der Waals surface area contributed by atoms with Crippen molar-refractivity contribution in [1.82, 2.24) is 4.90 Å². The van der Waals surface area contributed by atoms with E-state index in [1.54, 1.807) is 0 Å². The summed E-state index contributed by atoms with van der Waals surface area (Å²) in [4.78, 5) is 2.61. The summed E-state index contributed by atoms with van der Waals surface area (Å²) < 4.78 is 0. The molecule has 106 valence electrons. The van der Waals surface area contributed by atoms with Gasteiger partial charge < -0.3 is 10.6 Å². The Morgan fingerprint density at radius 3 is 2.11 bits per heavy atom. The van der Waals surface area contributed by atoms with Crippen LogP contribution in [0, 0.1) is 17.8 Å². The van der Waals surface area contributed by atoms with Crippen molar-refractivity contribution in [1.29, 1.82) is 0 Å². The van der Waals surface area contributed by atoms with Gasteiger partial charge in [0.2, 0.25) is 0 Å². The second-order valence-corrected chi connectivity index (χ2v) is 6.77. The Hall–Kier alpha value is -0.0800. The van der Waals surface area contributed by atoms with E-state index in [4.69, 9.17) is 5.73 Å². The SMILES string of the molecule is CN(CC1CCCCC1)CC1CCCCC1CN. The van der Waals surface area contributed by atoms with Crippen molar-refractivity contribution in [2.24, 2.45) is 23.5 Å². The van der Waals surface area contributed by atoms with Crippen molar-refractivity contribution in [3.8, 4) is 0 Å². The standard InChI is InChI=1S/C16H32N2/c1-18(12-14-7-3-2-4-8-14)13-16-10-6-5-9-15(16)11-17/h14-16H,2-13,17H2,1H3. The molecule has 0 aromatic rings. The third kappa shape index (κ3) is 4.24. The zero-order valence-electron chi connectivity index (χ0n) is 12.2. The van der Waals surface area contributed by atoms with Crippen molar-refractivity contribution in [3.05, 3.63) is 0 Å². The predicted octanol–water partition coefficient (Wildman–Crippen LogP) is 3.26. The molecule has 2 nitrogen and oxygen atoms in total. The summed E-state index contributed by atoms with van der Waals surface area (Å²) in [5, 5.41) is 0. The molecule has 0 aliphatic heterocycles. The highest BCUT2D eigenvalue weighted by atomic mass is 15.1.